The predicted molar refractivity (Wildman–Crippen MR) is 193 cm³/mol. The normalized spacial score (nSPS) is 18.1. The maximum Gasteiger partial charge on any atom is 0.413 e. The van der Waals surface area contributed by atoms with Crippen molar-refractivity contribution >= 4 is 62.9 Å². The predicted octanol–water partition coefficient (Wildman–Crippen LogP) is 5.09. The van der Waals surface area contributed by atoms with E-state index >= 15 is 0 Å². The number of carbonyl (C=O) groups is 4. The molecule has 1 aliphatic rings. The molecule has 0 aliphatic carbocycles. The number of rotatable bonds is 16. The summed E-state index contributed by atoms with van der Waals surface area (Å²) in [5.41, 5.74) is -0.476. The van der Waals surface area contributed by atoms with E-state index in [-0.39, 0.29) is 61.9 Å². The molecule has 1 saturated heterocycles. The Morgan fingerprint density at radius 3 is 2.31 bits per heavy atom. The summed E-state index contributed by atoms with van der Waals surface area (Å²) in [4.78, 5) is 51.2. The van der Waals surface area contributed by atoms with Crippen molar-refractivity contribution in [2.75, 3.05) is 31.9 Å². The first-order valence-corrected chi connectivity index (χ1v) is 18.9. The van der Waals surface area contributed by atoms with Gasteiger partial charge in [0.1, 0.15) is 10.7 Å². The molecule has 2 heterocycles. The lowest BCUT2D eigenvalue weighted by molar-refractivity contribution is -0.295. The van der Waals surface area contributed by atoms with Crippen LogP contribution in [-0.4, -0.2) is 80.6 Å². The van der Waals surface area contributed by atoms with Crippen LogP contribution in [0.1, 0.15) is 68.1 Å². The molecule has 0 unspecified atom stereocenters. The lowest BCUT2D eigenvalue weighted by Crippen LogP contribution is -2.66. The SMILES string of the molecule is C[C@@H]1N(C(=O)OCOC(=O)CCC(=O)OCCCCOC(=O)c2cc(S(N)(=O)=O)c(Cl)cc2NCc2ccco2)C(C)(C)CO[C@@]1(O)c1cccc(Cl)c1. The Morgan fingerprint density at radius 1 is 0.981 bits per heavy atom. The topological polar surface area (TPSA) is 223 Å². The number of benzene rings is 2. The minimum Gasteiger partial charge on any atom is -0.467 e. The van der Waals surface area contributed by atoms with E-state index in [0.29, 0.717) is 22.8 Å². The molecule has 0 saturated carbocycles. The number of anilines is 1. The summed E-state index contributed by atoms with van der Waals surface area (Å²) in [7, 11) is -4.25. The fourth-order valence-electron chi connectivity index (χ4n) is 5.50. The molecule has 2 aromatic carbocycles. The van der Waals surface area contributed by atoms with Gasteiger partial charge in [-0.3, -0.25) is 14.5 Å². The summed E-state index contributed by atoms with van der Waals surface area (Å²) in [5.74, 6) is -3.69. The molecule has 1 aromatic heterocycles. The first-order valence-electron chi connectivity index (χ1n) is 16.6. The standard InChI is InChI=1S/C35H41Cl2N3O13S/c1-22-35(45,23-8-6-9-24(36)16-23)53-20-34(2,3)40(22)33(44)52-21-51-31(42)12-11-30(41)49-13-4-5-14-50-32(43)26-17-29(54(38,46)47)27(37)18-28(26)39-19-25-10-7-15-48-25/h6-10,15-18,22,39,45H,4-5,11-14,19-21H2,1-3H3,(H2,38,46,47)/t22-,35+/m0/s1. The number of ether oxygens (including phenoxy) is 5. The minimum atomic E-state index is -4.25. The van der Waals surface area contributed by atoms with Crippen molar-refractivity contribution < 1.29 is 60.8 Å². The van der Waals surface area contributed by atoms with Gasteiger partial charge >= 0.3 is 24.0 Å². The number of hydrogen-bond acceptors (Lipinski definition) is 14. The van der Waals surface area contributed by atoms with Gasteiger partial charge in [0.25, 0.3) is 0 Å². The molecule has 3 aromatic rings. The van der Waals surface area contributed by atoms with Crippen molar-refractivity contribution in [1.29, 1.82) is 0 Å². The fraction of sp³-hybridized carbons (Fsp3) is 0.429. The Hall–Kier alpha value is -4.39. The number of sulfonamides is 1. The molecule has 2 atom stereocenters. The van der Waals surface area contributed by atoms with Gasteiger partial charge in [0.15, 0.2) is 0 Å². The molecule has 19 heteroatoms. The summed E-state index contributed by atoms with van der Waals surface area (Å²) < 4.78 is 55.6. The van der Waals surface area contributed by atoms with Gasteiger partial charge in [-0.25, -0.2) is 23.1 Å². The first kappa shape index (κ1) is 42.4. The number of primary sulfonamides is 1. The molecule has 4 N–H and O–H groups in total. The van der Waals surface area contributed by atoms with E-state index in [4.69, 9.17) is 56.4 Å². The number of nitrogens with two attached hydrogens (primary N) is 1. The average molecular weight is 815 g/mol. The highest BCUT2D eigenvalue weighted by molar-refractivity contribution is 7.89. The van der Waals surface area contributed by atoms with Crippen LogP contribution in [0, 0.1) is 0 Å². The third-order valence-electron chi connectivity index (χ3n) is 8.29. The second-order valence-electron chi connectivity index (χ2n) is 12.8. The molecule has 1 amide bonds. The van der Waals surface area contributed by atoms with Crippen LogP contribution in [0.2, 0.25) is 10.0 Å². The smallest absolute Gasteiger partial charge is 0.413 e. The van der Waals surface area contributed by atoms with Gasteiger partial charge in [-0.05, 0) is 70.0 Å². The molecule has 1 aliphatic heterocycles. The molecule has 16 nitrogen and oxygen atoms in total. The molecule has 0 bridgehead atoms. The fourth-order valence-corrected chi connectivity index (χ4v) is 6.78. The Morgan fingerprint density at radius 2 is 1.67 bits per heavy atom. The number of unbranched alkanes of at least 4 members (excludes halogenated alkanes) is 1. The van der Waals surface area contributed by atoms with Gasteiger partial charge in [-0.15, -0.1) is 0 Å². The van der Waals surface area contributed by atoms with Crippen LogP contribution in [0.3, 0.4) is 0 Å². The Kier molecular flexibility index (Phi) is 14.3. The molecule has 54 heavy (non-hydrogen) atoms. The van der Waals surface area contributed by atoms with Crippen LogP contribution in [0.25, 0.3) is 0 Å². The van der Waals surface area contributed by atoms with Crippen molar-refractivity contribution in [2.45, 2.75) is 75.3 Å². The van der Waals surface area contributed by atoms with Crippen LogP contribution in [0.5, 0.6) is 0 Å². The number of amides is 1. The largest absolute Gasteiger partial charge is 0.467 e. The quantitative estimate of drug-likeness (QED) is 0.0742. The van der Waals surface area contributed by atoms with Crippen LogP contribution in [0.4, 0.5) is 10.5 Å². The molecule has 294 valence electrons. The number of esters is 3. The highest BCUT2D eigenvalue weighted by Gasteiger charge is 2.53. The van der Waals surface area contributed by atoms with E-state index in [1.54, 1.807) is 51.1 Å². The molecular weight excluding hydrogens is 773 g/mol. The Bertz CT molecular complexity index is 1920. The van der Waals surface area contributed by atoms with Crippen molar-refractivity contribution in [3.63, 3.8) is 0 Å². The number of furan rings is 1. The summed E-state index contributed by atoms with van der Waals surface area (Å²) in [6.45, 7) is 4.30. The molecule has 0 spiro atoms. The Labute approximate surface area is 321 Å². The van der Waals surface area contributed by atoms with E-state index in [1.165, 1.54) is 23.3 Å². The van der Waals surface area contributed by atoms with Crippen molar-refractivity contribution in [1.82, 2.24) is 4.90 Å². The first-order chi connectivity index (χ1) is 25.4. The lowest BCUT2D eigenvalue weighted by Gasteiger charge is -2.52. The zero-order valence-corrected chi connectivity index (χ0v) is 32.0. The maximum absolute atomic E-state index is 13.1. The summed E-state index contributed by atoms with van der Waals surface area (Å²) in [6.07, 6.45) is 0.537. The van der Waals surface area contributed by atoms with Gasteiger partial charge in [0.05, 0.1) is 73.3 Å². The van der Waals surface area contributed by atoms with Crippen molar-refractivity contribution in [3.05, 3.63) is 81.7 Å². The zero-order valence-electron chi connectivity index (χ0n) is 29.7. The number of nitrogens with one attached hydrogen (secondary N) is 1. The highest BCUT2D eigenvalue weighted by atomic mass is 35.5. The second kappa shape index (κ2) is 18.3. The van der Waals surface area contributed by atoms with Crippen LogP contribution in [0.15, 0.2) is 64.1 Å². The molecule has 4 rings (SSSR count). The number of hydrogen-bond donors (Lipinski definition) is 3. The molecule has 0 radical (unpaired) electrons. The van der Waals surface area contributed by atoms with E-state index in [9.17, 15) is 32.7 Å². The summed E-state index contributed by atoms with van der Waals surface area (Å²) in [6, 6.07) is 11.2. The zero-order chi connectivity index (χ0) is 39.7. The van der Waals surface area contributed by atoms with Crippen LogP contribution >= 0.6 is 23.2 Å². The average Bonchev–Trinajstić information content (AvgIpc) is 3.63. The molecule has 1 fully saturated rings. The number of nitrogens with zero attached hydrogens (tertiary/aromatic N) is 1. The third kappa shape index (κ3) is 11.1. The van der Waals surface area contributed by atoms with Crippen LogP contribution < -0.4 is 10.5 Å². The van der Waals surface area contributed by atoms with Gasteiger partial charge in [-0.1, -0.05) is 35.3 Å². The van der Waals surface area contributed by atoms with E-state index < -0.39 is 63.1 Å². The minimum absolute atomic E-state index is 0.0371. The number of carbonyl (C=O) groups excluding carboxylic acids is 4. The second-order valence-corrected chi connectivity index (χ2v) is 15.1. The Balaban J connectivity index is 1.15. The van der Waals surface area contributed by atoms with Gasteiger partial charge in [-0.2, -0.15) is 0 Å². The maximum atomic E-state index is 13.1. The molecular formula is C35H41Cl2N3O13S. The lowest BCUT2D eigenvalue weighted by atomic mass is 9.90. The van der Waals surface area contributed by atoms with Crippen molar-refractivity contribution in [2.24, 2.45) is 5.14 Å². The number of morpholine rings is 1. The summed E-state index contributed by atoms with van der Waals surface area (Å²) in [5, 5.41) is 19.8. The van der Waals surface area contributed by atoms with Gasteiger partial charge < -0.3 is 38.5 Å². The van der Waals surface area contributed by atoms with Crippen LogP contribution in [-0.2, 0) is 55.6 Å². The number of aliphatic hydroxyl groups is 1. The van der Waals surface area contributed by atoms with E-state index in [0.717, 1.165) is 6.07 Å². The van der Waals surface area contributed by atoms with Gasteiger partial charge in [0, 0.05) is 10.6 Å². The van der Waals surface area contributed by atoms with Crippen molar-refractivity contribution in [3.8, 4) is 0 Å². The third-order valence-corrected chi connectivity index (χ3v) is 9.90. The van der Waals surface area contributed by atoms with Gasteiger partial charge in [0.2, 0.25) is 22.6 Å². The number of halogens is 2. The highest BCUT2D eigenvalue weighted by Crippen LogP contribution is 2.40. The van der Waals surface area contributed by atoms with E-state index in [1.807, 2.05) is 0 Å². The summed E-state index contributed by atoms with van der Waals surface area (Å²) >= 11 is 12.2. The van der Waals surface area contributed by atoms with E-state index in [2.05, 4.69) is 5.32 Å². The monoisotopic (exact) mass is 813 g/mol.